The van der Waals surface area contributed by atoms with Crippen LogP contribution in [-0.2, 0) is 4.79 Å². The van der Waals surface area contributed by atoms with E-state index in [0.29, 0.717) is 17.1 Å². The van der Waals surface area contributed by atoms with Gasteiger partial charge in [0.05, 0.1) is 0 Å². The molecule has 0 aliphatic heterocycles. The minimum atomic E-state index is -4.77. The molecule has 1 heterocycles. The van der Waals surface area contributed by atoms with Gasteiger partial charge in [-0.15, -0.1) is 13.2 Å². The average Bonchev–Trinajstić information content (AvgIpc) is 2.74. The van der Waals surface area contributed by atoms with Crippen LogP contribution in [0.1, 0.15) is 24.3 Å². The largest absolute Gasteiger partial charge is 0.573 e. The Morgan fingerprint density at radius 3 is 2.03 bits per heavy atom. The third-order valence-electron chi connectivity index (χ3n) is 4.28. The number of hydrogen-bond acceptors (Lipinski definition) is 7. The standard InChI is InChI=1S/C22H19F3N4O4/c1-12(20(26)31)27-19-11-18(13(2)30)28-21(29-19)14-3-5-15(6-4-14)32-16-7-9-17(10-8-16)33-22(23,24)25/h3-12H,1-2H3,(H2,26,31)(H,27,28,29)/t12-/m0/s1. The lowest BCUT2D eigenvalue weighted by atomic mass is 10.2. The number of carbonyl (C=O) groups excluding carboxylic acids is 2. The lowest BCUT2D eigenvalue weighted by molar-refractivity contribution is -0.274. The number of aromatic nitrogens is 2. The van der Waals surface area contributed by atoms with Gasteiger partial charge in [0.2, 0.25) is 5.91 Å². The molecular formula is C22H19F3N4O4. The number of ketones is 1. The van der Waals surface area contributed by atoms with E-state index in [-0.39, 0.29) is 28.9 Å². The third-order valence-corrected chi connectivity index (χ3v) is 4.28. The number of Topliss-reactive ketones (excluding diaryl/α,β-unsaturated/α-hetero) is 1. The monoisotopic (exact) mass is 460 g/mol. The zero-order valence-electron chi connectivity index (χ0n) is 17.5. The van der Waals surface area contributed by atoms with Crippen molar-refractivity contribution in [2.75, 3.05) is 5.32 Å². The first-order valence-corrected chi connectivity index (χ1v) is 9.60. The maximum absolute atomic E-state index is 12.3. The van der Waals surface area contributed by atoms with E-state index in [1.807, 2.05) is 0 Å². The summed E-state index contributed by atoms with van der Waals surface area (Å²) in [7, 11) is 0. The van der Waals surface area contributed by atoms with Gasteiger partial charge in [0.1, 0.15) is 34.8 Å². The first-order chi connectivity index (χ1) is 15.5. The van der Waals surface area contributed by atoms with Crippen molar-refractivity contribution in [2.24, 2.45) is 5.73 Å². The Balaban J connectivity index is 1.78. The van der Waals surface area contributed by atoms with Gasteiger partial charge in [-0.2, -0.15) is 0 Å². The first kappa shape index (κ1) is 23.5. The van der Waals surface area contributed by atoms with Gasteiger partial charge < -0.3 is 20.5 Å². The lowest BCUT2D eigenvalue weighted by Gasteiger charge is -2.13. The topological polar surface area (TPSA) is 116 Å². The van der Waals surface area contributed by atoms with E-state index in [1.165, 1.54) is 25.1 Å². The van der Waals surface area contributed by atoms with Crippen LogP contribution >= 0.6 is 0 Å². The van der Waals surface area contributed by atoms with Gasteiger partial charge in [0, 0.05) is 18.6 Å². The Hall–Kier alpha value is -4.15. The molecule has 1 aromatic heterocycles. The van der Waals surface area contributed by atoms with Gasteiger partial charge in [-0.05, 0) is 55.5 Å². The summed E-state index contributed by atoms with van der Waals surface area (Å²) >= 11 is 0. The van der Waals surface area contributed by atoms with Gasteiger partial charge in [-0.25, -0.2) is 9.97 Å². The number of carbonyl (C=O) groups is 2. The summed E-state index contributed by atoms with van der Waals surface area (Å²) in [4.78, 5) is 31.8. The fourth-order valence-corrected chi connectivity index (χ4v) is 2.64. The molecule has 2 aromatic carbocycles. The van der Waals surface area contributed by atoms with E-state index in [9.17, 15) is 22.8 Å². The number of amides is 1. The average molecular weight is 460 g/mol. The highest BCUT2D eigenvalue weighted by molar-refractivity contribution is 5.93. The second kappa shape index (κ2) is 9.55. The highest BCUT2D eigenvalue weighted by atomic mass is 19.4. The molecule has 0 aliphatic carbocycles. The first-order valence-electron chi connectivity index (χ1n) is 9.60. The van der Waals surface area contributed by atoms with Crippen molar-refractivity contribution in [3.63, 3.8) is 0 Å². The number of primary amides is 1. The number of nitrogens with two attached hydrogens (primary N) is 1. The Labute approximate surface area is 186 Å². The summed E-state index contributed by atoms with van der Waals surface area (Å²) in [6.45, 7) is 2.92. The number of nitrogens with one attached hydrogen (secondary N) is 1. The number of alkyl halides is 3. The number of ether oxygens (including phenoxy) is 2. The van der Waals surface area contributed by atoms with Gasteiger partial charge in [0.25, 0.3) is 0 Å². The fourth-order valence-electron chi connectivity index (χ4n) is 2.64. The summed E-state index contributed by atoms with van der Waals surface area (Å²) in [6.07, 6.45) is -4.77. The predicted octanol–water partition coefficient (Wildman–Crippen LogP) is 4.32. The van der Waals surface area contributed by atoms with Crippen molar-refractivity contribution in [1.82, 2.24) is 9.97 Å². The van der Waals surface area contributed by atoms with Gasteiger partial charge >= 0.3 is 6.36 Å². The Kier molecular flexibility index (Phi) is 6.80. The second-order valence-corrected chi connectivity index (χ2v) is 6.93. The molecule has 1 atom stereocenters. The van der Waals surface area contributed by atoms with Gasteiger partial charge in [0.15, 0.2) is 11.6 Å². The number of nitrogens with zero attached hydrogens (tertiary/aromatic N) is 2. The third kappa shape index (κ3) is 6.66. The smallest absolute Gasteiger partial charge is 0.457 e. The Morgan fingerprint density at radius 1 is 0.970 bits per heavy atom. The van der Waals surface area contributed by atoms with E-state index in [1.54, 1.807) is 31.2 Å². The van der Waals surface area contributed by atoms with Crippen LogP contribution < -0.4 is 20.5 Å². The molecule has 3 N–H and O–H groups in total. The summed E-state index contributed by atoms with van der Waals surface area (Å²) < 4.78 is 46.2. The van der Waals surface area contributed by atoms with Crippen LogP contribution in [0.2, 0.25) is 0 Å². The molecule has 172 valence electrons. The molecule has 33 heavy (non-hydrogen) atoms. The van der Waals surface area contributed by atoms with Crippen LogP contribution in [0.3, 0.4) is 0 Å². The van der Waals surface area contributed by atoms with E-state index < -0.39 is 18.3 Å². The van der Waals surface area contributed by atoms with Crippen LogP contribution in [0.4, 0.5) is 19.0 Å². The predicted molar refractivity (Wildman–Crippen MR) is 113 cm³/mol. The van der Waals surface area contributed by atoms with E-state index in [0.717, 1.165) is 12.1 Å². The highest BCUT2D eigenvalue weighted by Gasteiger charge is 2.31. The summed E-state index contributed by atoms with van der Waals surface area (Å²) in [5, 5.41) is 2.83. The molecule has 0 spiro atoms. The van der Waals surface area contributed by atoms with Crippen LogP contribution in [-0.4, -0.2) is 34.1 Å². The van der Waals surface area contributed by atoms with E-state index in [4.69, 9.17) is 10.5 Å². The fraction of sp³-hybridized carbons (Fsp3) is 0.182. The van der Waals surface area contributed by atoms with Crippen molar-refractivity contribution >= 4 is 17.5 Å². The van der Waals surface area contributed by atoms with Gasteiger partial charge in [-0.1, -0.05) is 0 Å². The molecule has 0 radical (unpaired) electrons. The Morgan fingerprint density at radius 2 is 1.52 bits per heavy atom. The normalized spacial score (nSPS) is 12.0. The zero-order valence-corrected chi connectivity index (χ0v) is 17.5. The second-order valence-electron chi connectivity index (χ2n) is 6.93. The number of benzene rings is 2. The SMILES string of the molecule is CC(=O)c1cc(N[C@@H](C)C(N)=O)nc(-c2ccc(Oc3ccc(OC(F)(F)F)cc3)cc2)n1. The van der Waals surface area contributed by atoms with Crippen LogP contribution in [0, 0.1) is 0 Å². The minimum Gasteiger partial charge on any atom is -0.457 e. The summed E-state index contributed by atoms with van der Waals surface area (Å²) in [6, 6.07) is 12.2. The number of halogens is 3. The zero-order chi connectivity index (χ0) is 24.2. The Bertz CT molecular complexity index is 1150. The molecule has 11 heteroatoms. The summed E-state index contributed by atoms with van der Waals surface area (Å²) in [5.74, 6) is -0.0149. The van der Waals surface area contributed by atoms with Crippen LogP contribution in [0.25, 0.3) is 11.4 Å². The van der Waals surface area contributed by atoms with Crippen molar-refractivity contribution in [1.29, 1.82) is 0 Å². The van der Waals surface area contributed by atoms with Crippen molar-refractivity contribution in [2.45, 2.75) is 26.3 Å². The molecule has 3 rings (SSSR count). The van der Waals surface area contributed by atoms with E-state index in [2.05, 4.69) is 20.0 Å². The molecule has 0 fully saturated rings. The minimum absolute atomic E-state index is 0.153. The van der Waals surface area contributed by atoms with E-state index >= 15 is 0 Å². The van der Waals surface area contributed by atoms with Crippen molar-refractivity contribution < 1.29 is 32.2 Å². The van der Waals surface area contributed by atoms with Crippen molar-refractivity contribution in [3.8, 4) is 28.6 Å². The van der Waals surface area contributed by atoms with Gasteiger partial charge in [-0.3, -0.25) is 9.59 Å². The molecular weight excluding hydrogens is 441 g/mol. The molecule has 0 bridgehead atoms. The molecule has 0 saturated carbocycles. The maximum atomic E-state index is 12.3. The maximum Gasteiger partial charge on any atom is 0.573 e. The molecule has 0 aliphatic rings. The molecule has 0 saturated heterocycles. The summed E-state index contributed by atoms with van der Waals surface area (Å²) in [5.41, 5.74) is 5.98. The van der Waals surface area contributed by atoms with Crippen LogP contribution in [0.5, 0.6) is 17.2 Å². The molecule has 8 nitrogen and oxygen atoms in total. The van der Waals surface area contributed by atoms with Crippen LogP contribution in [0.15, 0.2) is 54.6 Å². The molecule has 0 unspecified atom stereocenters. The number of rotatable bonds is 8. The number of hydrogen-bond donors (Lipinski definition) is 2. The molecule has 3 aromatic rings. The highest BCUT2D eigenvalue weighted by Crippen LogP contribution is 2.28. The lowest BCUT2D eigenvalue weighted by Crippen LogP contribution is -2.32. The quantitative estimate of drug-likeness (QED) is 0.481. The number of anilines is 1. The van der Waals surface area contributed by atoms with Crippen molar-refractivity contribution in [3.05, 3.63) is 60.3 Å². The molecule has 1 amide bonds.